The molecular formula is C21H20N4O3. The lowest BCUT2D eigenvalue weighted by atomic mass is 10.0. The summed E-state index contributed by atoms with van der Waals surface area (Å²) in [6.07, 6.45) is 0.674. The van der Waals surface area contributed by atoms with Crippen LogP contribution in [0.1, 0.15) is 22.4 Å². The summed E-state index contributed by atoms with van der Waals surface area (Å²) in [5.41, 5.74) is 3.90. The molecule has 0 amide bonds. The van der Waals surface area contributed by atoms with Gasteiger partial charge in [-0.2, -0.15) is 0 Å². The molecule has 142 valence electrons. The molecule has 7 heteroatoms. The number of nitrogens with zero attached hydrogens (tertiary/aromatic N) is 3. The first-order valence-corrected chi connectivity index (χ1v) is 9.15. The van der Waals surface area contributed by atoms with Crippen molar-refractivity contribution in [3.05, 3.63) is 91.4 Å². The first-order valence-electron chi connectivity index (χ1n) is 9.15. The van der Waals surface area contributed by atoms with Crippen LogP contribution in [0.25, 0.3) is 11.4 Å². The summed E-state index contributed by atoms with van der Waals surface area (Å²) in [5.74, 6) is 0.590. The van der Waals surface area contributed by atoms with Crippen molar-refractivity contribution < 1.29 is 4.92 Å². The summed E-state index contributed by atoms with van der Waals surface area (Å²) in [6.45, 7) is 3.52. The van der Waals surface area contributed by atoms with Gasteiger partial charge in [-0.25, -0.2) is 4.98 Å². The average molecular weight is 376 g/mol. The number of hydrogen-bond acceptors (Lipinski definition) is 5. The highest BCUT2D eigenvalue weighted by molar-refractivity contribution is 5.54. The fraction of sp³-hybridized carbons (Fsp3) is 0.238. The summed E-state index contributed by atoms with van der Waals surface area (Å²) in [6, 6.07) is 14.9. The fourth-order valence-electron chi connectivity index (χ4n) is 3.56. The van der Waals surface area contributed by atoms with E-state index in [0.29, 0.717) is 36.5 Å². The highest BCUT2D eigenvalue weighted by atomic mass is 16.6. The summed E-state index contributed by atoms with van der Waals surface area (Å²) in [7, 11) is 0. The van der Waals surface area contributed by atoms with E-state index in [1.165, 1.54) is 0 Å². The number of aryl methyl sites for hydroxylation is 1. The number of nitro groups is 1. The van der Waals surface area contributed by atoms with E-state index in [2.05, 4.69) is 14.9 Å². The fourth-order valence-corrected chi connectivity index (χ4v) is 3.56. The molecule has 0 fully saturated rings. The second-order valence-electron chi connectivity index (χ2n) is 7.04. The summed E-state index contributed by atoms with van der Waals surface area (Å²) in [5, 5.41) is 11.2. The molecule has 0 aliphatic carbocycles. The minimum absolute atomic E-state index is 0.122. The minimum atomic E-state index is -0.357. The van der Waals surface area contributed by atoms with E-state index in [1.54, 1.807) is 19.1 Å². The van der Waals surface area contributed by atoms with E-state index >= 15 is 0 Å². The largest absolute Gasteiger partial charge is 0.306 e. The monoisotopic (exact) mass is 376 g/mol. The highest BCUT2D eigenvalue weighted by Gasteiger charge is 2.22. The van der Waals surface area contributed by atoms with Gasteiger partial charge in [0.2, 0.25) is 0 Å². The average Bonchev–Trinajstić information content (AvgIpc) is 2.70. The van der Waals surface area contributed by atoms with Gasteiger partial charge >= 0.3 is 0 Å². The van der Waals surface area contributed by atoms with Crippen LogP contribution in [-0.2, 0) is 19.5 Å². The van der Waals surface area contributed by atoms with Gasteiger partial charge in [0, 0.05) is 43.2 Å². The smallest absolute Gasteiger partial charge is 0.272 e. The zero-order chi connectivity index (χ0) is 19.7. The molecule has 0 spiro atoms. The van der Waals surface area contributed by atoms with Gasteiger partial charge in [-0.3, -0.25) is 19.8 Å². The van der Waals surface area contributed by atoms with Crippen LogP contribution in [0.2, 0.25) is 0 Å². The lowest BCUT2D eigenvalue weighted by Gasteiger charge is -2.27. The zero-order valence-electron chi connectivity index (χ0n) is 15.5. The number of nitro benzene ring substituents is 1. The van der Waals surface area contributed by atoms with Crippen molar-refractivity contribution in [3.8, 4) is 11.4 Å². The Morgan fingerprint density at radius 2 is 2.00 bits per heavy atom. The standard InChI is InChI=1S/C21H20N4O3/c1-14-7-8-15(11-19(14)25(27)28)12-24-10-9-18-17(13-24)21(26)23-20(22-18)16-5-3-2-4-6-16/h2-8,11H,9-10,12-13H2,1H3,(H,22,23,26). The molecule has 1 N–H and O–H groups in total. The third-order valence-electron chi connectivity index (χ3n) is 5.07. The van der Waals surface area contributed by atoms with Gasteiger partial charge in [-0.15, -0.1) is 0 Å². The van der Waals surface area contributed by atoms with E-state index in [0.717, 1.165) is 23.4 Å². The molecule has 0 unspecified atom stereocenters. The quantitative estimate of drug-likeness (QED) is 0.558. The molecule has 28 heavy (non-hydrogen) atoms. The van der Waals surface area contributed by atoms with Gasteiger partial charge in [-0.05, 0) is 12.5 Å². The number of rotatable bonds is 4. The van der Waals surface area contributed by atoms with Gasteiger partial charge in [0.1, 0.15) is 5.82 Å². The summed E-state index contributed by atoms with van der Waals surface area (Å²) < 4.78 is 0. The number of benzene rings is 2. The van der Waals surface area contributed by atoms with E-state index in [9.17, 15) is 14.9 Å². The molecule has 1 aromatic heterocycles. The number of aromatic nitrogens is 2. The molecule has 2 heterocycles. The molecule has 4 rings (SSSR count). The molecule has 3 aromatic rings. The first kappa shape index (κ1) is 18.1. The number of hydrogen-bond donors (Lipinski definition) is 1. The molecule has 7 nitrogen and oxygen atoms in total. The van der Waals surface area contributed by atoms with Crippen LogP contribution in [0.4, 0.5) is 5.69 Å². The lowest BCUT2D eigenvalue weighted by molar-refractivity contribution is -0.385. The summed E-state index contributed by atoms with van der Waals surface area (Å²) >= 11 is 0. The Morgan fingerprint density at radius 1 is 1.21 bits per heavy atom. The van der Waals surface area contributed by atoms with Crippen LogP contribution in [0.3, 0.4) is 0 Å². The normalized spacial score (nSPS) is 13.9. The second kappa shape index (κ2) is 7.36. The molecule has 0 saturated heterocycles. The van der Waals surface area contributed by atoms with E-state index in [4.69, 9.17) is 0 Å². The molecule has 1 aliphatic rings. The van der Waals surface area contributed by atoms with Gasteiger partial charge in [0.25, 0.3) is 11.2 Å². The molecular weight excluding hydrogens is 356 g/mol. The minimum Gasteiger partial charge on any atom is -0.306 e. The van der Waals surface area contributed by atoms with Crippen molar-refractivity contribution in [3.63, 3.8) is 0 Å². The Labute approximate surface area is 161 Å². The zero-order valence-corrected chi connectivity index (χ0v) is 15.5. The maximum Gasteiger partial charge on any atom is 0.272 e. The van der Waals surface area contributed by atoms with E-state index in [-0.39, 0.29) is 16.2 Å². The van der Waals surface area contributed by atoms with Gasteiger partial charge in [0.15, 0.2) is 0 Å². The molecule has 0 bridgehead atoms. The van der Waals surface area contributed by atoms with E-state index < -0.39 is 0 Å². The van der Waals surface area contributed by atoms with Crippen molar-refractivity contribution >= 4 is 5.69 Å². The molecule has 2 aromatic carbocycles. The Bertz CT molecular complexity index is 1090. The number of H-pyrrole nitrogens is 1. The Morgan fingerprint density at radius 3 is 2.75 bits per heavy atom. The summed E-state index contributed by atoms with van der Waals surface area (Å²) in [4.78, 5) is 33.1. The second-order valence-corrected chi connectivity index (χ2v) is 7.04. The first-order chi connectivity index (χ1) is 13.5. The Hall–Kier alpha value is -3.32. The maximum absolute atomic E-state index is 12.6. The highest BCUT2D eigenvalue weighted by Crippen LogP contribution is 2.23. The van der Waals surface area contributed by atoms with Crippen LogP contribution in [0.15, 0.2) is 53.3 Å². The van der Waals surface area contributed by atoms with Crippen LogP contribution < -0.4 is 5.56 Å². The number of fused-ring (bicyclic) bond motifs is 1. The number of nitrogens with one attached hydrogen (secondary N) is 1. The van der Waals surface area contributed by atoms with Crippen molar-refractivity contribution in [2.45, 2.75) is 26.4 Å². The third kappa shape index (κ3) is 3.57. The van der Waals surface area contributed by atoms with Crippen LogP contribution in [0, 0.1) is 17.0 Å². The van der Waals surface area contributed by atoms with Crippen LogP contribution in [0.5, 0.6) is 0 Å². The Balaban J connectivity index is 1.57. The van der Waals surface area contributed by atoms with Gasteiger partial charge < -0.3 is 4.98 Å². The maximum atomic E-state index is 12.6. The molecule has 0 saturated carbocycles. The predicted molar refractivity (Wildman–Crippen MR) is 106 cm³/mol. The molecule has 1 aliphatic heterocycles. The van der Waals surface area contributed by atoms with Crippen molar-refractivity contribution in [2.24, 2.45) is 0 Å². The van der Waals surface area contributed by atoms with E-state index in [1.807, 2.05) is 36.4 Å². The van der Waals surface area contributed by atoms with Crippen molar-refractivity contribution in [2.75, 3.05) is 6.54 Å². The predicted octanol–water partition coefficient (Wildman–Crippen LogP) is 3.21. The molecule has 0 atom stereocenters. The van der Waals surface area contributed by atoms with Gasteiger partial charge in [0.05, 0.1) is 16.2 Å². The topological polar surface area (TPSA) is 92.1 Å². The third-order valence-corrected chi connectivity index (χ3v) is 5.07. The lowest BCUT2D eigenvalue weighted by Crippen LogP contribution is -2.35. The SMILES string of the molecule is Cc1ccc(CN2CCc3nc(-c4ccccc4)[nH]c(=O)c3C2)cc1[N+](=O)[O-]. The van der Waals surface area contributed by atoms with Crippen molar-refractivity contribution in [1.29, 1.82) is 0 Å². The molecule has 0 radical (unpaired) electrons. The van der Waals surface area contributed by atoms with Gasteiger partial charge in [-0.1, -0.05) is 42.5 Å². The van der Waals surface area contributed by atoms with Crippen LogP contribution in [-0.4, -0.2) is 26.3 Å². The van der Waals surface area contributed by atoms with Crippen molar-refractivity contribution in [1.82, 2.24) is 14.9 Å². The Kier molecular flexibility index (Phi) is 4.75. The van der Waals surface area contributed by atoms with Crippen LogP contribution >= 0.6 is 0 Å². The number of aromatic amines is 1.